The third-order valence-corrected chi connectivity index (χ3v) is 12.7. The van der Waals surface area contributed by atoms with Crippen LogP contribution in [0.15, 0.2) is 34.1 Å². The van der Waals surface area contributed by atoms with E-state index in [4.69, 9.17) is 9.84 Å². The van der Waals surface area contributed by atoms with Crippen LogP contribution in [0.4, 0.5) is 0 Å². The summed E-state index contributed by atoms with van der Waals surface area (Å²) in [7, 11) is 1.41. The molecule has 2 aromatic rings. The second kappa shape index (κ2) is 17.9. The van der Waals surface area contributed by atoms with E-state index in [1.54, 1.807) is 35.3 Å². The lowest BCUT2D eigenvalue weighted by molar-refractivity contribution is -0.137. The molecule has 0 bridgehead atoms. The predicted molar refractivity (Wildman–Crippen MR) is 219 cm³/mol. The maximum atomic E-state index is 11.4. The lowest BCUT2D eigenvalue weighted by Crippen LogP contribution is -2.18. The highest BCUT2D eigenvalue weighted by molar-refractivity contribution is 8.18. The first-order valence-corrected chi connectivity index (χ1v) is 20.1. The van der Waals surface area contributed by atoms with Crippen molar-refractivity contribution in [3.63, 3.8) is 0 Å². The van der Waals surface area contributed by atoms with Crippen LogP contribution < -0.4 is 0 Å². The van der Waals surface area contributed by atoms with Gasteiger partial charge in [0.2, 0.25) is 0 Å². The third-order valence-electron chi connectivity index (χ3n) is 7.43. The first-order chi connectivity index (χ1) is 21.8. The molecule has 2 aromatic carbocycles. The molecular formula is C39H64O7S4. The van der Waals surface area contributed by atoms with Crippen LogP contribution >= 0.6 is 47.0 Å². The molecule has 0 radical (unpaired) electrons. The molecule has 7 nitrogen and oxygen atoms in total. The van der Waals surface area contributed by atoms with E-state index in [9.17, 15) is 19.8 Å². The number of hydrogen-bond acceptors (Lipinski definition) is 9. The second-order valence-corrected chi connectivity index (χ2v) is 24.4. The number of carboxylic acid groups (broad SMARTS) is 1. The van der Waals surface area contributed by atoms with Crippen LogP contribution in [0.3, 0.4) is 0 Å². The van der Waals surface area contributed by atoms with Crippen molar-refractivity contribution >= 4 is 59.0 Å². The van der Waals surface area contributed by atoms with Crippen LogP contribution in [0.5, 0.6) is 11.5 Å². The van der Waals surface area contributed by atoms with Crippen molar-refractivity contribution in [3.05, 3.63) is 46.5 Å². The van der Waals surface area contributed by atoms with Gasteiger partial charge in [-0.05, 0) is 73.6 Å². The number of carbonyl (C=O) groups excluding carboxylic acids is 1. The third kappa shape index (κ3) is 15.5. The molecule has 0 aliphatic heterocycles. The van der Waals surface area contributed by atoms with E-state index < -0.39 is 5.97 Å². The van der Waals surface area contributed by atoms with Gasteiger partial charge in [-0.2, -0.15) is 0 Å². The van der Waals surface area contributed by atoms with Crippen LogP contribution in [0, 0.1) is 0 Å². The number of ether oxygens (including phenoxy) is 1. The van der Waals surface area contributed by atoms with Crippen LogP contribution in [0.2, 0.25) is 0 Å². The standard InChI is InChI=1S/C20H32O3S2.C19H30O3S2.H2O/c1-18(2,3)14-10-13(11-15(17(14)22)19(4,5)6)25-20(7,8)24-12-16(21)23-9;1-17(2,3)13-9-12(10-14(16(13)22)18(4,5)6)24-19(7,8)23-11-15(20)21;/h10-11,22H,12H2,1-9H3;9-10,22H,11H2,1-8H3,(H,20,21);1H2. The Hall–Kier alpha value is -1.66. The molecule has 0 heterocycles. The van der Waals surface area contributed by atoms with Crippen molar-refractivity contribution in [1.82, 2.24) is 0 Å². The summed E-state index contributed by atoms with van der Waals surface area (Å²) in [5, 5.41) is 30.5. The van der Waals surface area contributed by atoms with E-state index in [-0.39, 0.29) is 47.0 Å². The Morgan fingerprint density at radius 3 is 1.04 bits per heavy atom. The van der Waals surface area contributed by atoms with Gasteiger partial charge in [0.1, 0.15) is 11.5 Å². The van der Waals surface area contributed by atoms with Crippen LogP contribution in [0.25, 0.3) is 0 Å². The Kier molecular flexibility index (Phi) is 17.3. The Labute approximate surface area is 319 Å². The second-order valence-electron chi connectivity index (χ2n) is 17.3. The largest absolute Gasteiger partial charge is 0.507 e. The molecule has 0 aliphatic rings. The summed E-state index contributed by atoms with van der Waals surface area (Å²) in [4.78, 5) is 24.5. The van der Waals surface area contributed by atoms with Crippen LogP contribution in [0.1, 0.15) is 133 Å². The molecule has 0 aromatic heterocycles. The summed E-state index contributed by atoms with van der Waals surface area (Å²) in [6.45, 7) is 33.5. The number of aromatic hydroxyl groups is 2. The average molecular weight is 773 g/mol. The van der Waals surface area contributed by atoms with E-state index in [0.29, 0.717) is 17.3 Å². The molecular weight excluding hydrogens is 709 g/mol. The maximum absolute atomic E-state index is 11.4. The Morgan fingerprint density at radius 1 is 0.560 bits per heavy atom. The Balaban J connectivity index is 0.000000942. The fraction of sp³-hybridized carbons (Fsp3) is 0.641. The summed E-state index contributed by atoms with van der Waals surface area (Å²) >= 11 is 6.33. The highest BCUT2D eigenvalue weighted by atomic mass is 32.2. The van der Waals surface area contributed by atoms with Gasteiger partial charge in [-0.25, -0.2) is 0 Å². The minimum atomic E-state index is -0.801. The molecule has 0 spiro atoms. The van der Waals surface area contributed by atoms with Gasteiger partial charge < -0.3 is 25.5 Å². The zero-order valence-corrected chi connectivity index (χ0v) is 36.7. The number of phenolic OH excluding ortho intramolecular Hbond substituents is 2. The zero-order chi connectivity index (χ0) is 38.6. The van der Waals surface area contributed by atoms with Gasteiger partial charge in [-0.1, -0.05) is 83.1 Å². The number of esters is 1. The Morgan fingerprint density at radius 2 is 0.820 bits per heavy atom. The fourth-order valence-corrected chi connectivity index (χ4v) is 9.07. The number of phenols is 2. The molecule has 0 atom stereocenters. The van der Waals surface area contributed by atoms with Gasteiger partial charge in [0.15, 0.2) is 0 Å². The topological polar surface area (TPSA) is 136 Å². The van der Waals surface area contributed by atoms with Gasteiger partial charge in [-0.15, -0.1) is 47.0 Å². The highest BCUT2D eigenvalue weighted by Gasteiger charge is 2.31. The first-order valence-electron chi connectivity index (χ1n) is 16.5. The van der Waals surface area contributed by atoms with Crippen molar-refractivity contribution in [2.75, 3.05) is 18.6 Å². The predicted octanol–water partition coefficient (Wildman–Crippen LogP) is 10.5. The molecule has 286 valence electrons. The van der Waals surface area contributed by atoms with E-state index >= 15 is 0 Å². The normalized spacial score (nSPS) is 12.8. The SMILES string of the molecule is CC(C)(SCC(=O)O)Sc1cc(C(C)(C)C)c(O)c(C(C)(C)C)c1.COC(=O)CSC(C)(C)Sc1cc(C(C)(C)C)c(O)c(C(C)(C)C)c1.O. The first kappa shape index (κ1) is 48.3. The zero-order valence-electron chi connectivity index (χ0n) is 33.4. The molecule has 0 saturated carbocycles. The number of benzene rings is 2. The summed E-state index contributed by atoms with van der Waals surface area (Å²) in [5.74, 6) is 0.156. The molecule has 0 saturated heterocycles. The number of carbonyl (C=O) groups is 2. The number of hydrogen-bond donors (Lipinski definition) is 3. The highest BCUT2D eigenvalue weighted by Crippen LogP contribution is 2.48. The van der Waals surface area contributed by atoms with E-state index in [1.807, 2.05) is 26.0 Å². The fourth-order valence-electron chi connectivity index (χ4n) is 4.77. The number of carboxylic acids is 1. The van der Waals surface area contributed by atoms with Crippen molar-refractivity contribution < 1.29 is 35.1 Å². The van der Waals surface area contributed by atoms with E-state index in [0.717, 1.165) is 32.0 Å². The molecule has 50 heavy (non-hydrogen) atoms. The Bertz CT molecular complexity index is 1380. The molecule has 0 unspecified atom stereocenters. The minimum Gasteiger partial charge on any atom is -0.507 e. The van der Waals surface area contributed by atoms with Crippen molar-refractivity contribution in [3.8, 4) is 11.5 Å². The quantitative estimate of drug-likeness (QED) is 0.122. The molecule has 0 aliphatic carbocycles. The lowest BCUT2D eigenvalue weighted by Gasteiger charge is -2.30. The van der Waals surface area contributed by atoms with Gasteiger partial charge in [0.05, 0.1) is 26.8 Å². The molecule has 2 rings (SSSR count). The summed E-state index contributed by atoms with van der Waals surface area (Å²) in [6, 6.07) is 8.24. The smallest absolute Gasteiger partial charge is 0.315 e. The average Bonchev–Trinajstić information content (AvgIpc) is 2.90. The summed E-state index contributed by atoms with van der Waals surface area (Å²) in [5.41, 5.74) is 3.13. The van der Waals surface area contributed by atoms with Gasteiger partial charge >= 0.3 is 11.9 Å². The van der Waals surface area contributed by atoms with E-state index in [2.05, 4.69) is 109 Å². The number of rotatable bonds is 10. The van der Waals surface area contributed by atoms with Crippen molar-refractivity contribution in [2.45, 2.75) is 150 Å². The molecule has 11 heteroatoms. The van der Waals surface area contributed by atoms with Gasteiger partial charge in [0, 0.05) is 32.0 Å². The molecule has 0 amide bonds. The molecule has 0 fully saturated rings. The van der Waals surface area contributed by atoms with E-state index in [1.165, 1.54) is 18.9 Å². The van der Waals surface area contributed by atoms with Crippen LogP contribution in [-0.2, 0) is 36.0 Å². The number of aliphatic carboxylic acids is 1. The van der Waals surface area contributed by atoms with Crippen molar-refractivity contribution in [1.29, 1.82) is 0 Å². The minimum absolute atomic E-state index is 0. The number of methoxy groups -OCH3 is 1. The monoisotopic (exact) mass is 772 g/mol. The molecule has 5 N–H and O–H groups in total. The van der Waals surface area contributed by atoms with Crippen molar-refractivity contribution in [2.24, 2.45) is 0 Å². The summed E-state index contributed by atoms with van der Waals surface area (Å²) < 4.78 is 4.29. The summed E-state index contributed by atoms with van der Waals surface area (Å²) in [6.07, 6.45) is 0. The van der Waals surface area contributed by atoms with Crippen LogP contribution in [-0.4, -0.2) is 59.5 Å². The van der Waals surface area contributed by atoms with Gasteiger partial charge in [0.25, 0.3) is 0 Å². The lowest BCUT2D eigenvalue weighted by atomic mass is 9.79. The van der Waals surface area contributed by atoms with Gasteiger partial charge in [-0.3, -0.25) is 9.59 Å². The number of thioether (sulfide) groups is 4. The maximum Gasteiger partial charge on any atom is 0.315 e.